The molecule has 0 aliphatic rings. The van der Waals surface area contributed by atoms with E-state index in [0.717, 1.165) is 0 Å². The molecule has 1 aromatic carbocycles. The Morgan fingerprint density at radius 2 is 2.04 bits per heavy atom. The van der Waals surface area contributed by atoms with Crippen LogP contribution in [-0.2, 0) is 9.54 Å². The summed E-state index contributed by atoms with van der Waals surface area (Å²) in [6.45, 7) is 1.80. The standard InChI is InChI=1S/C14H18N4O4S/c1-14(23-4,8-12(19)20)13-15-16-17-18(13)9-5-6-10(21-2)11(7-9)22-3/h5-7H,8H2,1-4H3,(H,19,20). The van der Waals surface area contributed by atoms with Crippen LogP contribution < -0.4 is 9.47 Å². The number of carboxylic acids is 1. The first kappa shape index (κ1) is 17.1. The van der Waals surface area contributed by atoms with Gasteiger partial charge in [-0.2, -0.15) is 16.4 Å². The van der Waals surface area contributed by atoms with Crippen LogP contribution in [0.5, 0.6) is 11.5 Å². The minimum Gasteiger partial charge on any atom is -0.493 e. The molecular formula is C14H18N4O4S. The molecule has 2 aromatic rings. The van der Waals surface area contributed by atoms with Crippen LogP contribution in [0.1, 0.15) is 19.2 Å². The fourth-order valence-corrected chi connectivity index (χ4v) is 2.76. The van der Waals surface area contributed by atoms with Crippen molar-refractivity contribution >= 4 is 17.7 Å². The SMILES string of the molecule is COc1ccc(-n2nnnc2C(C)(CC(=O)O)SC)cc1OC. The molecule has 0 spiro atoms. The Hall–Kier alpha value is -2.29. The lowest BCUT2D eigenvalue weighted by molar-refractivity contribution is -0.137. The topological polar surface area (TPSA) is 99.4 Å². The van der Waals surface area contributed by atoms with Gasteiger partial charge in [-0.15, -0.1) is 5.10 Å². The van der Waals surface area contributed by atoms with Gasteiger partial charge < -0.3 is 14.6 Å². The summed E-state index contributed by atoms with van der Waals surface area (Å²) in [5, 5.41) is 20.9. The molecule has 8 nitrogen and oxygen atoms in total. The lowest BCUT2D eigenvalue weighted by Gasteiger charge is -2.24. The number of benzene rings is 1. The highest BCUT2D eigenvalue weighted by atomic mass is 32.2. The van der Waals surface area contributed by atoms with E-state index in [1.165, 1.54) is 16.4 Å². The van der Waals surface area contributed by atoms with E-state index >= 15 is 0 Å². The lowest BCUT2D eigenvalue weighted by atomic mass is 10.1. The Morgan fingerprint density at radius 1 is 1.35 bits per heavy atom. The van der Waals surface area contributed by atoms with E-state index in [0.29, 0.717) is 23.0 Å². The molecule has 0 saturated carbocycles. The normalized spacial score (nSPS) is 13.4. The maximum Gasteiger partial charge on any atom is 0.305 e. The van der Waals surface area contributed by atoms with Gasteiger partial charge in [0.05, 0.1) is 31.1 Å². The predicted octanol–water partition coefficient (Wildman–Crippen LogP) is 1.73. The van der Waals surface area contributed by atoms with E-state index in [-0.39, 0.29) is 6.42 Å². The molecule has 0 aliphatic carbocycles. The number of hydrogen-bond donors (Lipinski definition) is 1. The van der Waals surface area contributed by atoms with Gasteiger partial charge >= 0.3 is 5.97 Å². The van der Waals surface area contributed by atoms with Crippen LogP contribution in [-0.4, -0.2) is 51.8 Å². The average molecular weight is 338 g/mol. The van der Waals surface area contributed by atoms with Crippen molar-refractivity contribution in [2.75, 3.05) is 20.5 Å². The van der Waals surface area contributed by atoms with E-state index in [1.807, 2.05) is 6.26 Å². The van der Waals surface area contributed by atoms with Gasteiger partial charge in [-0.25, -0.2) is 0 Å². The van der Waals surface area contributed by atoms with Crippen LogP contribution in [0, 0.1) is 0 Å². The summed E-state index contributed by atoms with van der Waals surface area (Å²) in [5.74, 6) is 0.669. The van der Waals surface area contributed by atoms with E-state index in [9.17, 15) is 4.79 Å². The van der Waals surface area contributed by atoms with Crippen LogP contribution in [0.3, 0.4) is 0 Å². The summed E-state index contributed by atoms with van der Waals surface area (Å²) in [7, 11) is 3.09. The number of carboxylic acid groups (broad SMARTS) is 1. The Labute approximate surface area is 137 Å². The van der Waals surface area contributed by atoms with Gasteiger partial charge in [0.2, 0.25) is 0 Å². The molecule has 0 radical (unpaired) electrons. The van der Waals surface area contributed by atoms with E-state index in [2.05, 4.69) is 15.5 Å². The number of carbonyl (C=O) groups is 1. The third-order valence-electron chi connectivity index (χ3n) is 3.49. The molecule has 23 heavy (non-hydrogen) atoms. The van der Waals surface area contributed by atoms with Gasteiger partial charge in [0.25, 0.3) is 0 Å². The molecule has 1 atom stereocenters. The van der Waals surface area contributed by atoms with Crippen molar-refractivity contribution in [3.63, 3.8) is 0 Å². The first-order valence-corrected chi connectivity index (χ1v) is 7.96. The van der Waals surface area contributed by atoms with Crippen molar-refractivity contribution in [3.8, 4) is 17.2 Å². The molecule has 1 N–H and O–H groups in total. The molecule has 9 heteroatoms. The summed E-state index contributed by atoms with van der Waals surface area (Å²) >= 11 is 1.38. The number of hydrogen-bond acceptors (Lipinski definition) is 7. The van der Waals surface area contributed by atoms with E-state index in [4.69, 9.17) is 14.6 Å². The molecule has 0 amide bonds. The second-order valence-corrected chi connectivity index (χ2v) is 6.27. The largest absolute Gasteiger partial charge is 0.493 e. The number of rotatable bonds is 7. The molecule has 0 fully saturated rings. The van der Waals surface area contributed by atoms with Crippen LogP contribution >= 0.6 is 11.8 Å². The summed E-state index contributed by atoms with van der Waals surface area (Å²) in [6.07, 6.45) is 1.73. The molecular weight excluding hydrogens is 320 g/mol. The number of methoxy groups -OCH3 is 2. The van der Waals surface area contributed by atoms with E-state index in [1.54, 1.807) is 39.3 Å². The summed E-state index contributed by atoms with van der Waals surface area (Å²) in [4.78, 5) is 11.2. The third-order valence-corrected chi connectivity index (χ3v) is 4.72. The molecule has 1 aromatic heterocycles. The van der Waals surface area contributed by atoms with Crippen LogP contribution in [0.2, 0.25) is 0 Å². The molecule has 0 aliphatic heterocycles. The number of nitrogens with zero attached hydrogens (tertiary/aromatic N) is 4. The Morgan fingerprint density at radius 3 is 2.61 bits per heavy atom. The second kappa shape index (κ2) is 6.86. The monoisotopic (exact) mass is 338 g/mol. The quantitative estimate of drug-likeness (QED) is 0.815. The zero-order chi connectivity index (χ0) is 17.0. The molecule has 0 bridgehead atoms. The number of aliphatic carboxylic acids is 1. The number of aromatic nitrogens is 4. The summed E-state index contributed by atoms with van der Waals surface area (Å²) < 4.78 is 11.3. The fourth-order valence-electron chi connectivity index (χ4n) is 2.18. The Balaban J connectivity index is 2.51. The molecule has 0 saturated heterocycles. The van der Waals surface area contributed by atoms with Crippen molar-refractivity contribution in [3.05, 3.63) is 24.0 Å². The van der Waals surface area contributed by atoms with Crippen LogP contribution in [0.25, 0.3) is 5.69 Å². The van der Waals surface area contributed by atoms with Gasteiger partial charge in [-0.3, -0.25) is 4.79 Å². The maximum absolute atomic E-state index is 11.2. The maximum atomic E-state index is 11.2. The van der Waals surface area contributed by atoms with Gasteiger partial charge in [-0.1, -0.05) is 0 Å². The van der Waals surface area contributed by atoms with Crippen molar-refractivity contribution in [2.45, 2.75) is 18.1 Å². The second-order valence-electron chi connectivity index (χ2n) is 4.96. The van der Waals surface area contributed by atoms with Gasteiger partial charge in [0, 0.05) is 6.07 Å². The highest BCUT2D eigenvalue weighted by molar-refractivity contribution is 7.99. The van der Waals surface area contributed by atoms with Gasteiger partial charge in [0.1, 0.15) is 0 Å². The first-order valence-electron chi connectivity index (χ1n) is 6.73. The van der Waals surface area contributed by atoms with Crippen molar-refractivity contribution < 1.29 is 19.4 Å². The van der Waals surface area contributed by atoms with E-state index < -0.39 is 10.7 Å². The van der Waals surface area contributed by atoms with Crippen molar-refractivity contribution in [1.82, 2.24) is 20.2 Å². The Bertz CT molecular complexity index is 706. The predicted molar refractivity (Wildman–Crippen MR) is 85.4 cm³/mol. The Kier molecular flexibility index (Phi) is 5.09. The average Bonchev–Trinajstić information content (AvgIpc) is 3.03. The fraction of sp³-hybridized carbons (Fsp3) is 0.429. The van der Waals surface area contributed by atoms with Gasteiger partial charge in [-0.05, 0) is 35.7 Å². The summed E-state index contributed by atoms with van der Waals surface area (Å²) in [6, 6.07) is 5.26. The molecule has 2 rings (SSSR count). The van der Waals surface area contributed by atoms with Gasteiger partial charge in [0.15, 0.2) is 17.3 Å². The third kappa shape index (κ3) is 3.39. The summed E-state index contributed by atoms with van der Waals surface area (Å²) in [5.41, 5.74) is 0.660. The number of tetrazole rings is 1. The zero-order valence-electron chi connectivity index (χ0n) is 13.3. The molecule has 124 valence electrons. The number of ether oxygens (including phenoxy) is 2. The minimum atomic E-state index is -0.913. The van der Waals surface area contributed by atoms with Crippen LogP contribution in [0.15, 0.2) is 18.2 Å². The van der Waals surface area contributed by atoms with Crippen LogP contribution in [0.4, 0.5) is 0 Å². The zero-order valence-corrected chi connectivity index (χ0v) is 14.1. The molecule has 1 unspecified atom stereocenters. The molecule has 1 heterocycles. The van der Waals surface area contributed by atoms with Crippen molar-refractivity contribution in [1.29, 1.82) is 0 Å². The minimum absolute atomic E-state index is 0.0954. The smallest absolute Gasteiger partial charge is 0.305 e. The lowest BCUT2D eigenvalue weighted by Crippen LogP contribution is -2.26. The number of thioether (sulfide) groups is 1. The highest BCUT2D eigenvalue weighted by Gasteiger charge is 2.35. The highest BCUT2D eigenvalue weighted by Crippen LogP contribution is 2.38. The first-order chi connectivity index (χ1) is 10.9. The van der Waals surface area contributed by atoms with Crippen molar-refractivity contribution in [2.24, 2.45) is 0 Å².